The molecule has 0 aromatic carbocycles. The first kappa shape index (κ1) is 14.1. The normalized spacial score (nSPS) is 16.2. The standard InChI is InChI=1S/C12H12Cl2N4O/c13-10-8-16-11(14)7-9(10)12(19)18-5-3-17(2-1-15)4-6-18/h7-8H,2-6H2. The number of rotatable bonds is 2. The molecular weight excluding hydrogens is 287 g/mol. The first-order valence-electron chi connectivity index (χ1n) is 5.81. The van der Waals surface area contributed by atoms with E-state index < -0.39 is 0 Å². The largest absolute Gasteiger partial charge is 0.336 e. The Balaban J connectivity index is 2.05. The molecule has 1 aliphatic heterocycles. The predicted molar refractivity (Wildman–Crippen MR) is 72.2 cm³/mol. The van der Waals surface area contributed by atoms with E-state index in [9.17, 15) is 4.79 Å². The minimum atomic E-state index is -0.147. The molecule has 0 saturated carbocycles. The van der Waals surface area contributed by atoms with Gasteiger partial charge in [-0.15, -0.1) is 0 Å². The Morgan fingerprint density at radius 3 is 2.68 bits per heavy atom. The van der Waals surface area contributed by atoms with Crippen LogP contribution in [0.15, 0.2) is 12.3 Å². The molecule has 5 nitrogen and oxygen atoms in total. The van der Waals surface area contributed by atoms with Crippen LogP contribution in [0.4, 0.5) is 0 Å². The monoisotopic (exact) mass is 298 g/mol. The molecule has 0 bridgehead atoms. The van der Waals surface area contributed by atoms with Crippen LogP contribution in [0.2, 0.25) is 10.2 Å². The molecular formula is C12H12Cl2N4O. The summed E-state index contributed by atoms with van der Waals surface area (Å²) >= 11 is 11.7. The molecule has 1 aromatic heterocycles. The van der Waals surface area contributed by atoms with E-state index in [1.807, 2.05) is 4.90 Å². The quantitative estimate of drug-likeness (QED) is 0.615. The third-order valence-electron chi connectivity index (χ3n) is 3.01. The molecule has 0 unspecified atom stereocenters. The number of hydrogen-bond donors (Lipinski definition) is 0. The van der Waals surface area contributed by atoms with Crippen LogP contribution in [0, 0.1) is 11.3 Å². The fourth-order valence-electron chi connectivity index (χ4n) is 1.96. The lowest BCUT2D eigenvalue weighted by Gasteiger charge is -2.33. The van der Waals surface area contributed by atoms with Crippen molar-refractivity contribution in [3.05, 3.63) is 28.0 Å². The third-order valence-corrected chi connectivity index (χ3v) is 3.51. The molecule has 1 aromatic rings. The van der Waals surface area contributed by atoms with Gasteiger partial charge >= 0.3 is 0 Å². The van der Waals surface area contributed by atoms with E-state index in [2.05, 4.69) is 11.1 Å². The number of aromatic nitrogens is 1. The summed E-state index contributed by atoms with van der Waals surface area (Å²) in [6.45, 7) is 2.93. The van der Waals surface area contributed by atoms with Gasteiger partial charge in [-0.1, -0.05) is 23.2 Å². The average Bonchev–Trinajstić information content (AvgIpc) is 2.42. The highest BCUT2D eigenvalue weighted by Gasteiger charge is 2.23. The van der Waals surface area contributed by atoms with Crippen LogP contribution < -0.4 is 0 Å². The lowest BCUT2D eigenvalue weighted by molar-refractivity contribution is 0.0652. The van der Waals surface area contributed by atoms with E-state index in [1.165, 1.54) is 12.3 Å². The Bertz CT molecular complexity index is 521. The lowest BCUT2D eigenvalue weighted by atomic mass is 10.2. The number of piperazine rings is 1. The summed E-state index contributed by atoms with van der Waals surface area (Å²) in [5, 5.41) is 9.17. The Hall–Kier alpha value is -1.35. The molecule has 0 radical (unpaired) electrons. The van der Waals surface area contributed by atoms with E-state index in [-0.39, 0.29) is 11.1 Å². The van der Waals surface area contributed by atoms with Crippen molar-refractivity contribution in [3.63, 3.8) is 0 Å². The van der Waals surface area contributed by atoms with Gasteiger partial charge in [0.1, 0.15) is 5.15 Å². The van der Waals surface area contributed by atoms with Gasteiger partial charge < -0.3 is 4.90 Å². The van der Waals surface area contributed by atoms with E-state index in [0.29, 0.717) is 43.3 Å². The van der Waals surface area contributed by atoms with Crippen molar-refractivity contribution >= 4 is 29.1 Å². The van der Waals surface area contributed by atoms with Gasteiger partial charge in [0, 0.05) is 32.4 Å². The highest BCUT2D eigenvalue weighted by atomic mass is 35.5. The van der Waals surface area contributed by atoms with Gasteiger partial charge in [0.25, 0.3) is 5.91 Å². The summed E-state index contributed by atoms with van der Waals surface area (Å²) < 4.78 is 0. The molecule has 0 N–H and O–H groups in total. The minimum Gasteiger partial charge on any atom is -0.336 e. The molecule has 2 heterocycles. The van der Waals surface area contributed by atoms with Crippen molar-refractivity contribution in [2.45, 2.75) is 0 Å². The Labute approximate surface area is 121 Å². The molecule has 1 aliphatic rings. The number of amides is 1. The van der Waals surface area contributed by atoms with Crippen molar-refractivity contribution in [3.8, 4) is 6.07 Å². The zero-order valence-electron chi connectivity index (χ0n) is 10.1. The van der Waals surface area contributed by atoms with E-state index in [0.717, 1.165) is 0 Å². The second-order valence-corrected chi connectivity index (χ2v) is 5.01. The number of pyridine rings is 1. The van der Waals surface area contributed by atoms with Crippen LogP contribution in [0.25, 0.3) is 0 Å². The molecule has 1 amide bonds. The Morgan fingerprint density at radius 2 is 2.05 bits per heavy atom. The molecule has 0 atom stereocenters. The maximum atomic E-state index is 12.3. The van der Waals surface area contributed by atoms with Crippen molar-refractivity contribution in [1.29, 1.82) is 5.26 Å². The zero-order chi connectivity index (χ0) is 13.8. The number of carbonyl (C=O) groups excluding carboxylic acids is 1. The van der Waals surface area contributed by atoms with Crippen molar-refractivity contribution in [2.24, 2.45) is 0 Å². The lowest BCUT2D eigenvalue weighted by Crippen LogP contribution is -2.48. The summed E-state index contributed by atoms with van der Waals surface area (Å²) in [5.41, 5.74) is 0.371. The van der Waals surface area contributed by atoms with Crippen LogP contribution in [-0.4, -0.2) is 53.4 Å². The number of carbonyl (C=O) groups is 1. The van der Waals surface area contributed by atoms with Crippen molar-refractivity contribution < 1.29 is 4.79 Å². The summed E-state index contributed by atoms with van der Waals surface area (Å²) in [6.07, 6.45) is 1.38. The van der Waals surface area contributed by atoms with Gasteiger partial charge in [-0.3, -0.25) is 9.69 Å². The summed E-state index contributed by atoms with van der Waals surface area (Å²) in [5.74, 6) is -0.147. The molecule has 0 aliphatic carbocycles. The van der Waals surface area contributed by atoms with Crippen LogP contribution in [0.3, 0.4) is 0 Å². The van der Waals surface area contributed by atoms with E-state index in [4.69, 9.17) is 28.5 Å². The zero-order valence-corrected chi connectivity index (χ0v) is 11.7. The van der Waals surface area contributed by atoms with Crippen LogP contribution in [-0.2, 0) is 0 Å². The molecule has 100 valence electrons. The number of nitrogens with zero attached hydrogens (tertiary/aromatic N) is 4. The predicted octanol–water partition coefficient (Wildman–Crippen LogP) is 1.67. The van der Waals surface area contributed by atoms with Gasteiger partial charge in [0.2, 0.25) is 0 Å². The topological polar surface area (TPSA) is 60.2 Å². The molecule has 19 heavy (non-hydrogen) atoms. The first-order chi connectivity index (χ1) is 9.11. The SMILES string of the molecule is N#CCN1CCN(C(=O)c2cc(Cl)ncc2Cl)CC1. The summed E-state index contributed by atoms with van der Waals surface area (Å²) in [7, 11) is 0. The number of halogens is 2. The number of hydrogen-bond acceptors (Lipinski definition) is 4. The van der Waals surface area contributed by atoms with Gasteiger partial charge in [-0.2, -0.15) is 5.26 Å². The van der Waals surface area contributed by atoms with Gasteiger partial charge in [0.05, 0.1) is 23.2 Å². The summed E-state index contributed by atoms with van der Waals surface area (Å²) in [4.78, 5) is 19.8. The third kappa shape index (κ3) is 3.35. The van der Waals surface area contributed by atoms with Crippen molar-refractivity contribution in [1.82, 2.24) is 14.8 Å². The maximum absolute atomic E-state index is 12.3. The smallest absolute Gasteiger partial charge is 0.255 e. The van der Waals surface area contributed by atoms with Gasteiger partial charge in [0.15, 0.2) is 0 Å². The second kappa shape index (κ2) is 6.20. The minimum absolute atomic E-state index is 0.147. The van der Waals surface area contributed by atoms with Crippen LogP contribution >= 0.6 is 23.2 Å². The van der Waals surface area contributed by atoms with Crippen LogP contribution in [0.5, 0.6) is 0 Å². The maximum Gasteiger partial charge on any atom is 0.255 e. The molecule has 1 fully saturated rings. The van der Waals surface area contributed by atoms with Crippen LogP contribution in [0.1, 0.15) is 10.4 Å². The van der Waals surface area contributed by atoms with Gasteiger partial charge in [-0.25, -0.2) is 4.98 Å². The fraction of sp³-hybridized carbons (Fsp3) is 0.417. The van der Waals surface area contributed by atoms with Crippen molar-refractivity contribution in [2.75, 3.05) is 32.7 Å². The average molecular weight is 299 g/mol. The highest BCUT2D eigenvalue weighted by Crippen LogP contribution is 2.20. The first-order valence-corrected chi connectivity index (χ1v) is 6.57. The second-order valence-electron chi connectivity index (χ2n) is 4.21. The van der Waals surface area contributed by atoms with Gasteiger partial charge in [-0.05, 0) is 6.07 Å². The molecule has 2 rings (SSSR count). The fourth-order valence-corrected chi connectivity index (χ4v) is 2.30. The Kier molecular flexibility index (Phi) is 4.59. The van der Waals surface area contributed by atoms with E-state index >= 15 is 0 Å². The molecule has 1 saturated heterocycles. The summed E-state index contributed by atoms with van der Waals surface area (Å²) in [6, 6.07) is 3.59. The number of nitriles is 1. The molecule has 0 spiro atoms. The Morgan fingerprint density at radius 1 is 1.37 bits per heavy atom. The highest BCUT2D eigenvalue weighted by molar-refractivity contribution is 6.35. The van der Waals surface area contributed by atoms with E-state index in [1.54, 1.807) is 4.90 Å². The molecule has 7 heteroatoms.